The lowest BCUT2D eigenvalue weighted by atomic mass is 9.98. The van der Waals surface area contributed by atoms with Crippen molar-refractivity contribution in [1.29, 1.82) is 0 Å². The summed E-state index contributed by atoms with van der Waals surface area (Å²) >= 11 is 1.79. The molecule has 1 aromatic rings. The molecule has 1 aromatic heterocycles. The van der Waals surface area contributed by atoms with Crippen molar-refractivity contribution in [3.05, 3.63) is 16.1 Å². The number of aromatic nitrogens is 1. The van der Waals surface area contributed by atoms with E-state index in [1.54, 1.807) is 11.3 Å². The molecule has 0 spiro atoms. The molecule has 0 aliphatic carbocycles. The normalized spacial score (nSPS) is 17.8. The number of hydrogen-bond donors (Lipinski definition) is 1. The molecule has 2 nitrogen and oxygen atoms in total. The van der Waals surface area contributed by atoms with Gasteiger partial charge in [-0.05, 0) is 31.8 Å². The molecule has 0 saturated carbocycles. The van der Waals surface area contributed by atoms with Crippen LogP contribution in [0.1, 0.15) is 17.6 Å². The Morgan fingerprint density at radius 2 is 2.50 bits per heavy atom. The highest BCUT2D eigenvalue weighted by atomic mass is 32.1. The zero-order chi connectivity index (χ0) is 8.39. The van der Waals surface area contributed by atoms with Crippen LogP contribution in [0.3, 0.4) is 0 Å². The van der Waals surface area contributed by atoms with Gasteiger partial charge in [0.05, 0.1) is 10.7 Å². The van der Waals surface area contributed by atoms with Crippen molar-refractivity contribution in [1.82, 2.24) is 10.3 Å². The minimum Gasteiger partial charge on any atom is -0.316 e. The lowest BCUT2D eigenvalue weighted by Crippen LogP contribution is -2.43. The number of hydrogen-bond acceptors (Lipinski definition) is 3. The van der Waals surface area contributed by atoms with Crippen LogP contribution in [0.4, 0.5) is 0 Å². The highest BCUT2D eigenvalue weighted by Gasteiger charge is 2.17. The van der Waals surface area contributed by atoms with Crippen LogP contribution in [0.25, 0.3) is 0 Å². The van der Waals surface area contributed by atoms with Gasteiger partial charge in [0.1, 0.15) is 0 Å². The van der Waals surface area contributed by atoms with Gasteiger partial charge in [-0.15, -0.1) is 11.3 Å². The van der Waals surface area contributed by atoms with Gasteiger partial charge in [0.2, 0.25) is 0 Å². The van der Waals surface area contributed by atoms with Crippen LogP contribution in [-0.2, 0) is 12.8 Å². The van der Waals surface area contributed by atoms with Crippen molar-refractivity contribution in [3.8, 4) is 0 Å². The maximum absolute atomic E-state index is 4.54. The van der Waals surface area contributed by atoms with Crippen molar-refractivity contribution < 1.29 is 0 Å². The number of nitrogens with zero attached hydrogens (tertiary/aromatic N) is 1. The Balaban J connectivity index is 1.93. The van der Waals surface area contributed by atoms with Gasteiger partial charge in [-0.25, -0.2) is 4.98 Å². The van der Waals surface area contributed by atoms with Gasteiger partial charge in [-0.1, -0.05) is 6.92 Å². The summed E-state index contributed by atoms with van der Waals surface area (Å²) in [5, 5.41) is 6.76. The van der Waals surface area contributed by atoms with Crippen molar-refractivity contribution in [2.24, 2.45) is 5.92 Å². The summed E-state index contributed by atoms with van der Waals surface area (Å²) in [4.78, 5) is 4.54. The van der Waals surface area contributed by atoms with Gasteiger partial charge >= 0.3 is 0 Å². The topological polar surface area (TPSA) is 24.9 Å². The van der Waals surface area contributed by atoms with Gasteiger partial charge in [-0.2, -0.15) is 0 Å². The molecule has 1 fully saturated rings. The molecule has 0 unspecified atom stereocenters. The molecular formula is C9H14N2S. The zero-order valence-corrected chi connectivity index (χ0v) is 8.16. The lowest BCUT2D eigenvalue weighted by Gasteiger charge is -2.26. The van der Waals surface area contributed by atoms with Gasteiger partial charge < -0.3 is 5.32 Å². The molecule has 0 atom stereocenters. The fourth-order valence-electron chi connectivity index (χ4n) is 1.39. The molecule has 0 radical (unpaired) electrons. The van der Waals surface area contributed by atoms with Crippen LogP contribution in [0, 0.1) is 5.92 Å². The Hall–Kier alpha value is -0.410. The molecule has 12 heavy (non-hydrogen) atoms. The van der Waals surface area contributed by atoms with E-state index in [1.165, 1.54) is 30.2 Å². The molecule has 1 saturated heterocycles. The Bertz CT molecular complexity index is 253. The van der Waals surface area contributed by atoms with Crippen LogP contribution in [0.15, 0.2) is 5.38 Å². The smallest absolute Gasteiger partial charge is 0.0925 e. The third-order valence-electron chi connectivity index (χ3n) is 2.27. The molecule has 1 aliphatic rings. The van der Waals surface area contributed by atoms with Crippen LogP contribution in [-0.4, -0.2) is 18.1 Å². The highest BCUT2D eigenvalue weighted by Crippen LogP contribution is 2.15. The Morgan fingerprint density at radius 1 is 1.67 bits per heavy atom. The minimum atomic E-state index is 0.844. The third-order valence-corrected chi connectivity index (χ3v) is 3.31. The molecule has 1 aliphatic heterocycles. The first-order chi connectivity index (χ1) is 5.88. The fraction of sp³-hybridized carbons (Fsp3) is 0.667. The van der Waals surface area contributed by atoms with Gasteiger partial charge in [0, 0.05) is 5.38 Å². The van der Waals surface area contributed by atoms with E-state index in [1.807, 2.05) is 0 Å². The number of aryl methyl sites for hydroxylation is 1. The van der Waals surface area contributed by atoms with Crippen molar-refractivity contribution in [3.63, 3.8) is 0 Å². The number of thiazole rings is 1. The second kappa shape index (κ2) is 3.54. The molecule has 0 aromatic carbocycles. The lowest BCUT2D eigenvalue weighted by molar-refractivity contribution is 0.344. The summed E-state index contributed by atoms with van der Waals surface area (Å²) in [5.41, 5.74) is 1.29. The van der Waals surface area contributed by atoms with E-state index in [0.29, 0.717) is 0 Å². The Kier molecular flexibility index (Phi) is 2.42. The van der Waals surface area contributed by atoms with E-state index < -0.39 is 0 Å². The van der Waals surface area contributed by atoms with E-state index in [0.717, 1.165) is 12.3 Å². The highest BCUT2D eigenvalue weighted by molar-refractivity contribution is 7.09. The summed E-state index contributed by atoms with van der Waals surface area (Å²) in [7, 11) is 0. The third kappa shape index (κ3) is 1.67. The first-order valence-corrected chi connectivity index (χ1v) is 5.40. The standard InChI is InChI=1S/C9H14N2S/c1-2-9-11-8(6-12-9)3-7-4-10-5-7/h6-7,10H,2-5H2,1H3. The second-order valence-electron chi connectivity index (χ2n) is 3.31. The summed E-state index contributed by atoms with van der Waals surface area (Å²) in [5.74, 6) is 0.844. The minimum absolute atomic E-state index is 0.844. The molecule has 66 valence electrons. The maximum Gasteiger partial charge on any atom is 0.0925 e. The SMILES string of the molecule is CCc1nc(CC2CNC2)cs1. The first-order valence-electron chi connectivity index (χ1n) is 4.52. The summed E-state index contributed by atoms with van der Waals surface area (Å²) in [6.45, 7) is 4.52. The van der Waals surface area contributed by atoms with Crippen molar-refractivity contribution >= 4 is 11.3 Å². The molecule has 3 heteroatoms. The van der Waals surface area contributed by atoms with E-state index in [9.17, 15) is 0 Å². The average molecular weight is 182 g/mol. The fourth-order valence-corrected chi connectivity index (χ4v) is 2.15. The Morgan fingerprint density at radius 3 is 3.00 bits per heavy atom. The molecule has 1 N–H and O–H groups in total. The second-order valence-corrected chi connectivity index (χ2v) is 4.26. The van der Waals surface area contributed by atoms with E-state index in [4.69, 9.17) is 0 Å². The quantitative estimate of drug-likeness (QED) is 0.765. The van der Waals surface area contributed by atoms with Gasteiger partial charge in [0.15, 0.2) is 0 Å². The number of nitrogens with one attached hydrogen (secondary N) is 1. The van der Waals surface area contributed by atoms with E-state index in [-0.39, 0.29) is 0 Å². The summed E-state index contributed by atoms with van der Waals surface area (Å²) < 4.78 is 0. The maximum atomic E-state index is 4.54. The predicted molar refractivity (Wildman–Crippen MR) is 51.6 cm³/mol. The molecular weight excluding hydrogens is 168 g/mol. The Labute approximate surface area is 77.0 Å². The number of rotatable bonds is 3. The van der Waals surface area contributed by atoms with Gasteiger partial charge in [-0.3, -0.25) is 0 Å². The van der Waals surface area contributed by atoms with Crippen molar-refractivity contribution in [2.75, 3.05) is 13.1 Å². The average Bonchev–Trinajstić information content (AvgIpc) is 2.44. The molecule has 2 heterocycles. The van der Waals surface area contributed by atoms with Crippen LogP contribution >= 0.6 is 11.3 Å². The van der Waals surface area contributed by atoms with Crippen LogP contribution in [0.5, 0.6) is 0 Å². The summed E-state index contributed by atoms with van der Waals surface area (Å²) in [6, 6.07) is 0. The molecule has 2 rings (SSSR count). The van der Waals surface area contributed by atoms with Crippen molar-refractivity contribution in [2.45, 2.75) is 19.8 Å². The van der Waals surface area contributed by atoms with E-state index >= 15 is 0 Å². The molecule has 0 amide bonds. The zero-order valence-electron chi connectivity index (χ0n) is 7.34. The first kappa shape index (κ1) is 8.20. The predicted octanol–water partition coefficient (Wildman–Crippen LogP) is 1.47. The summed E-state index contributed by atoms with van der Waals surface area (Å²) in [6.07, 6.45) is 2.25. The largest absolute Gasteiger partial charge is 0.316 e. The van der Waals surface area contributed by atoms with E-state index in [2.05, 4.69) is 22.6 Å². The molecule has 0 bridgehead atoms. The van der Waals surface area contributed by atoms with Gasteiger partial charge in [0.25, 0.3) is 0 Å². The van der Waals surface area contributed by atoms with Crippen LogP contribution < -0.4 is 5.32 Å². The van der Waals surface area contributed by atoms with Crippen LogP contribution in [0.2, 0.25) is 0 Å². The monoisotopic (exact) mass is 182 g/mol.